The van der Waals surface area contributed by atoms with Crippen LogP contribution < -0.4 is 10.5 Å². The van der Waals surface area contributed by atoms with Crippen molar-refractivity contribution in [1.82, 2.24) is 0 Å². The Hall–Kier alpha value is -1.92. The fraction of sp³-hybridized carbons (Fsp3) is 0.462. The molecule has 0 bridgehead atoms. The van der Waals surface area contributed by atoms with Crippen molar-refractivity contribution in [2.75, 3.05) is 6.61 Å². The maximum atomic E-state index is 12.4. The molecule has 1 aromatic rings. The van der Waals surface area contributed by atoms with Crippen LogP contribution in [-0.2, 0) is 10.9 Å². The van der Waals surface area contributed by atoms with E-state index in [0.717, 1.165) is 12.1 Å². The fourth-order valence-corrected chi connectivity index (χ4v) is 1.94. The van der Waals surface area contributed by atoms with Gasteiger partial charge in [-0.05, 0) is 31.2 Å². The van der Waals surface area contributed by atoms with E-state index in [1.807, 2.05) is 6.92 Å². The molecular weight excluding hydrogens is 273 g/mol. The van der Waals surface area contributed by atoms with Gasteiger partial charge in [-0.25, -0.2) is 4.99 Å². The van der Waals surface area contributed by atoms with Gasteiger partial charge in [0.1, 0.15) is 12.4 Å². The molecular formula is C13H15F3N2O2. The number of nitrogens with zero attached hydrogens (tertiary/aromatic N) is 1. The molecule has 1 aromatic carbocycles. The molecule has 2 atom stereocenters. The largest absolute Gasteiger partial charge is 0.491 e. The highest BCUT2D eigenvalue weighted by Gasteiger charge is 2.30. The minimum Gasteiger partial charge on any atom is -0.491 e. The van der Waals surface area contributed by atoms with Crippen molar-refractivity contribution >= 4 is 6.02 Å². The van der Waals surface area contributed by atoms with Gasteiger partial charge in [0.05, 0.1) is 17.7 Å². The van der Waals surface area contributed by atoms with Gasteiger partial charge in [0.25, 0.3) is 6.02 Å². The Balaban J connectivity index is 1.90. The quantitative estimate of drug-likeness (QED) is 0.926. The first-order valence-electron chi connectivity index (χ1n) is 6.14. The molecule has 0 spiro atoms. The minimum atomic E-state index is -4.34. The third-order valence-electron chi connectivity index (χ3n) is 2.86. The number of halogens is 3. The van der Waals surface area contributed by atoms with Crippen LogP contribution in [0.4, 0.5) is 13.2 Å². The summed E-state index contributed by atoms with van der Waals surface area (Å²) in [5.74, 6) is 0.390. The number of benzene rings is 1. The molecule has 2 N–H and O–H groups in total. The highest BCUT2D eigenvalue weighted by Crippen LogP contribution is 2.30. The zero-order valence-electron chi connectivity index (χ0n) is 10.9. The van der Waals surface area contributed by atoms with E-state index in [0.29, 0.717) is 18.8 Å². The predicted octanol–water partition coefficient (Wildman–Crippen LogP) is 2.58. The molecule has 0 fully saturated rings. The molecule has 0 radical (unpaired) electrons. The van der Waals surface area contributed by atoms with Gasteiger partial charge in [-0.3, -0.25) is 0 Å². The maximum absolute atomic E-state index is 12.4. The highest BCUT2D eigenvalue weighted by molar-refractivity contribution is 5.73. The summed E-state index contributed by atoms with van der Waals surface area (Å²) in [6.45, 7) is 2.23. The smallest absolute Gasteiger partial charge is 0.416 e. The lowest BCUT2D eigenvalue weighted by molar-refractivity contribution is -0.137. The van der Waals surface area contributed by atoms with E-state index in [1.54, 1.807) is 0 Å². The Morgan fingerprint density at radius 3 is 2.55 bits per heavy atom. The van der Waals surface area contributed by atoms with E-state index < -0.39 is 11.7 Å². The average molecular weight is 288 g/mol. The monoisotopic (exact) mass is 288 g/mol. The Morgan fingerprint density at radius 2 is 2.05 bits per heavy atom. The van der Waals surface area contributed by atoms with E-state index in [2.05, 4.69) is 4.99 Å². The highest BCUT2D eigenvalue weighted by atomic mass is 19.4. The van der Waals surface area contributed by atoms with Gasteiger partial charge in [0.2, 0.25) is 0 Å². The zero-order valence-corrected chi connectivity index (χ0v) is 10.9. The normalized spacial score (nSPS) is 20.2. The first-order valence-corrected chi connectivity index (χ1v) is 6.14. The molecule has 0 aliphatic carbocycles. The summed E-state index contributed by atoms with van der Waals surface area (Å²) in [5.41, 5.74) is 4.70. The van der Waals surface area contributed by atoms with Gasteiger partial charge in [0.15, 0.2) is 0 Å². The van der Waals surface area contributed by atoms with Crippen molar-refractivity contribution in [2.24, 2.45) is 10.7 Å². The van der Waals surface area contributed by atoms with Gasteiger partial charge in [-0.1, -0.05) is 0 Å². The van der Waals surface area contributed by atoms with Crippen LogP contribution in [0.15, 0.2) is 29.3 Å². The number of ether oxygens (including phenoxy) is 2. The molecule has 1 aliphatic rings. The molecule has 20 heavy (non-hydrogen) atoms. The summed E-state index contributed by atoms with van der Waals surface area (Å²) in [5, 5.41) is 0. The molecule has 7 heteroatoms. The molecule has 2 rings (SSSR count). The van der Waals surface area contributed by atoms with Crippen LogP contribution >= 0.6 is 0 Å². The molecule has 0 aromatic heterocycles. The molecule has 0 amide bonds. The van der Waals surface area contributed by atoms with Crippen molar-refractivity contribution in [3.63, 3.8) is 0 Å². The fourth-order valence-electron chi connectivity index (χ4n) is 1.94. The second kappa shape index (κ2) is 5.60. The third kappa shape index (κ3) is 3.79. The lowest BCUT2D eigenvalue weighted by atomic mass is 10.1. The molecule has 1 heterocycles. The number of aliphatic imine (C=N–C) groups is 1. The van der Waals surface area contributed by atoms with Gasteiger partial charge in [-0.15, -0.1) is 0 Å². The van der Waals surface area contributed by atoms with E-state index in [1.165, 1.54) is 12.1 Å². The average Bonchev–Trinajstić information content (AvgIpc) is 2.74. The standard InChI is InChI=1S/C13H15F3N2O2/c1-8(6-10-7-19-12(17)18-10)20-11-4-2-9(3-5-11)13(14,15)16/h2-5,8,10H,6-7H2,1H3,(H2,17,18)/t8-,10+/m1/s1. The number of alkyl halides is 3. The molecule has 110 valence electrons. The topological polar surface area (TPSA) is 56.8 Å². The van der Waals surface area contributed by atoms with Crippen molar-refractivity contribution in [2.45, 2.75) is 31.7 Å². The number of hydrogen-bond acceptors (Lipinski definition) is 4. The van der Waals surface area contributed by atoms with Crippen LogP contribution in [0.1, 0.15) is 18.9 Å². The number of amidine groups is 1. The van der Waals surface area contributed by atoms with E-state index >= 15 is 0 Å². The van der Waals surface area contributed by atoms with E-state index in [-0.39, 0.29) is 18.2 Å². The molecule has 1 aliphatic heterocycles. The first-order chi connectivity index (χ1) is 9.34. The number of hydrogen-bond donors (Lipinski definition) is 1. The van der Waals surface area contributed by atoms with Crippen LogP contribution in [0, 0.1) is 0 Å². The minimum absolute atomic E-state index is 0.0700. The van der Waals surface area contributed by atoms with Gasteiger partial charge in [0, 0.05) is 6.42 Å². The summed E-state index contributed by atoms with van der Waals surface area (Å²) in [7, 11) is 0. The van der Waals surface area contributed by atoms with Gasteiger partial charge >= 0.3 is 6.18 Å². The molecule has 0 unspecified atom stereocenters. The second-order valence-electron chi connectivity index (χ2n) is 4.62. The Labute approximate surface area is 114 Å². The Kier molecular flexibility index (Phi) is 4.06. The van der Waals surface area contributed by atoms with E-state index in [4.69, 9.17) is 15.2 Å². The number of rotatable bonds is 4. The Bertz CT molecular complexity index is 485. The lowest BCUT2D eigenvalue weighted by Gasteiger charge is -2.16. The van der Waals surface area contributed by atoms with Crippen molar-refractivity contribution in [1.29, 1.82) is 0 Å². The van der Waals surface area contributed by atoms with Crippen molar-refractivity contribution in [3.05, 3.63) is 29.8 Å². The van der Waals surface area contributed by atoms with Gasteiger partial charge in [-0.2, -0.15) is 13.2 Å². The molecule has 0 saturated heterocycles. The van der Waals surface area contributed by atoms with Crippen LogP contribution in [0.5, 0.6) is 5.75 Å². The second-order valence-corrected chi connectivity index (χ2v) is 4.62. The van der Waals surface area contributed by atoms with Crippen LogP contribution in [0.2, 0.25) is 0 Å². The summed E-state index contributed by atoms with van der Waals surface area (Å²) in [6, 6.07) is 4.70. The van der Waals surface area contributed by atoms with E-state index in [9.17, 15) is 13.2 Å². The summed E-state index contributed by atoms with van der Waals surface area (Å²) < 4.78 is 47.8. The number of nitrogens with two attached hydrogens (primary N) is 1. The summed E-state index contributed by atoms with van der Waals surface area (Å²) >= 11 is 0. The summed E-state index contributed by atoms with van der Waals surface area (Å²) in [4.78, 5) is 4.06. The van der Waals surface area contributed by atoms with Gasteiger partial charge < -0.3 is 15.2 Å². The lowest BCUT2D eigenvalue weighted by Crippen LogP contribution is -2.20. The Morgan fingerprint density at radius 1 is 1.40 bits per heavy atom. The molecule has 4 nitrogen and oxygen atoms in total. The van der Waals surface area contributed by atoms with Crippen LogP contribution in [0.25, 0.3) is 0 Å². The van der Waals surface area contributed by atoms with Crippen LogP contribution in [-0.4, -0.2) is 24.8 Å². The summed E-state index contributed by atoms with van der Waals surface area (Å²) in [6.07, 6.45) is -3.95. The van der Waals surface area contributed by atoms with Crippen molar-refractivity contribution in [3.8, 4) is 5.75 Å². The third-order valence-corrected chi connectivity index (χ3v) is 2.86. The SMILES string of the molecule is C[C@H](C[C@H]1COC(N)=N1)Oc1ccc(C(F)(F)F)cc1. The maximum Gasteiger partial charge on any atom is 0.416 e. The van der Waals surface area contributed by atoms with Crippen molar-refractivity contribution < 1.29 is 22.6 Å². The molecule has 0 saturated carbocycles. The zero-order chi connectivity index (χ0) is 14.8. The predicted molar refractivity (Wildman–Crippen MR) is 67.5 cm³/mol. The van der Waals surface area contributed by atoms with Crippen LogP contribution in [0.3, 0.4) is 0 Å². The first kappa shape index (κ1) is 14.5.